The summed E-state index contributed by atoms with van der Waals surface area (Å²) < 4.78 is 5.24. The van der Waals surface area contributed by atoms with Crippen LogP contribution < -0.4 is 10.2 Å². The lowest BCUT2D eigenvalue weighted by atomic mass is 10.1. The summed E-state index contributed by atoms with van der Waals surface area (Å²) in [6.07, 6.45) is 1.95. The molecule has 5 heteroatoms. The Labute approximate surface area is 138 Å². The Hall–Kier alpha value is -1.88. The number of hydrogen-bond donors (Lipinski definition) is 1. The Kier molecular flexibility index (Phi) is 6.59. The van der Waals surface area contributed by atoms with Crippen LogP contribution in [-0.2, 0) is 20.7 Å². The van der Waals surface area contributed by atoms with Gasteiger partial charge in [-0.05, 0) is 31.4 Å². The molecule has 1 aromatic carbocycles. The molecule has 1 saturated heterocycles. The molecule has 1 heterocycles. The average Bonchev–Trinajstić information content (AvgIpc) is 2.96. The molecule has 126 valence electrons. The van der Waals surface area contributed by atoms with Crippen molar-refractivity contribution in [2.45, 2.75) is 33.1 Å². The first-order valence-electron chi connectivity index (χ1n) is 8.41. The van der Waals surface area contributed by atoms with Crippen molar-refractivity contribution in [3.8, 4) is 0 Å². The number of anilines is 1. The van der Waals surface area contributed by atoms with E-state index in [2.05, 4.69) is 12.2 Å². The summed E-state index contributed by atoms with van der Waals surface area (Å²) in [5, 5.41) is 2.91. The van der Waals surface area contributed by atoms with E-state index in [0.717, 1.165) is 24.1 Å². The number of aryl methyl sites for hydroxylation is 1. The fraction of sp³-hybridized carbons (Fsp3) is 0.556. The molecular formula is C18H26N2O3. The van der Waals surface area contributed by atoms with Crippen LogP contribution in [0, 0.1) is 5.92 Å². The fourth-order valence-corrected chi connectivity index (χ4v) is 2.86. The summed E-state index contributed by atoms with van der Waals surface area (Å²) in [5.41, 5.74) is 2.07. The highest BCUT2D eigenvalue weighted by Crippen LogP contribution is 2.28. The molecule has 1 aliphatic rings. The van der Waals surface area contributed by atoms with Crippen LogP contribution in [0.25, 0.3) is 0 Å². The summed E-state index contributed by atoms with van der Waals surface area (Å²) in [7, 11) is 0. The molecule has 2 rings (SSSR count). The molecule has 1 fully saturated rings. The topological polar surface area (TPSA) is 58.6 Å². The summed E-state index contributed by atoms with van der Waals surface area (Å²) in [4.78, 5) is 26.3. The second-order valence-corrected chi connectivity index (χ2v) is 5.73. The summed E-state index contributed by atoms with van der Waals surface area (Å²) >= 11 is 0. The van der Waals surface area contributed by atoms with Gasteiger partial charge in [0.25, 0.3) is 0 Å². The number of benzene rings is 1. The number of nitrogens with one attached hydrogen (secondary N) is 1. The fourth-order valence-electron chi connectivity index (χ4n) is 2.86. The lowest BCUT2D eigenvalue weighted by molar-refractivity contribution is -0.126. The van der Waals surface area contributed by atoms with E-state index < -0.39 is 0 Å². The number of nitrogens with zero attached hydrogens (tertiary/aromatic N) is 1. The molecule has 1 aromatic rings. The van der Waals surface area contributed by atoms with Gasteiger partial charge in [-0.1, -0.05) is 25.1 Å². The summed E-state index contributed by atoms with van der Waals surface area (Å²) in [6.45, 7) is 6.42. The first-order chi connectivity index (χ1) is 11.2. The van der Waals surface area contributed by atoms with Gasteiger partial charge in [0.2, 0.25) is 11.8 Å². The lowest BCUT2D eigenvalue weighted by Gasteiger charge is -2.20. The minimum atomic E-state index is -0.264. The molecule has 2 amide bonds. The number of carbonyl (C=O) groups excluding carboxylic acids is 2. The van der Waals surface area contributed by atoms with E-state index in [0.29, 0.717) is 26.3 Å². The second kappa shape index (κ2) is 8.67. The van der Waals surface area contributed by atoms with E-state index in [1.165, 1.54) is 0 Å². The first kappa shape index (κ1) is 17.5. The molecule has 0 spiro atoms. The SMILES string of the molecule is CCOCCCNC(=O)C1CC(=O)N(c2ccccc2CC)C1. The summed E-state index contributed by atoms with van der Waals surface area (Å²) in [6, 6.07) is 7.90. The van der Waals surface area contributed by atoms with E-state index >= 15 is 0 Å². The van der Waals surface area contributed by atoms with Gasteiger partial charge >= 0.3 is 0 Å². The molecule has 1 unspecified atom stereocenters. The molecule has 0 radical (unpaired) electrons. The molecule has 0 bridgehead atoms. The quantitative estimate of drug-likeness (QED) is 0.747. The molecule has 1 aliphatic heterocycles. The van der Waals surface area contributed by atoms with Crippen molar-refractivity contribution < 1.29 is 14.3 Å². The van der Waals surface area contributed by atoms with E-state index in [4.69, 9.17) is 4.74 Å². The van der Waals surface area contributed by atoms with Gasteiger partial charge in [0.05, 0.1) is 5.92 Å². The largest absolute Gasteiger partial charge is 0.382 e. The Morgan fingerprint density at radius 2 is 2.13 bits per heavy atom. The van der Waals surface area contributed by atoms with Crippen LogP contribution in [-0.4, -0.2) is 38.1 Å². The van der Waals surface area contributed by atoms with Crippen molar-refractivity contribution in [1.29, 1.82) is 0 Å². The third-order valence-corrected chi connectivity index (χ3v) is 4.13. The maximum Gasteiger partial charge on any atom is 0.227 e. The van der Waals surface area contributed by atoms with Gasteiger partial charge in [-0.25, -0.2) is 0 Å². The van der Waals surface area contributed by atoms with E-state index in [1.54, 1.807) is 4.90 Å². The number of rotatable bonds is 8. The molecule has 5 nitrogen and oxygen atoms in total. The van der Waals surface area contributed by atoms with Gasteiger partial charge in [-0.3, -0.25) is 9.59 Å². The van der Waals surface area contributed by atoms with E-state index in [1.807, 2.05) is 31.2 Å². The van der Waals surface area contributed by atoms with Crippen LogP contribution >= 0.6 is 0 Å². The Morgan fingerprint density at radius 3 is 2.87 bits per heavy atom. The molecule has 23 heavy (non-hydrogen) atoms. The maximum absolute atomic E-state index is 12.3. The Morgan fingerprint density at radius 1 is 1.35 bits per heavy atom. The zero-order valence-electron chi connectivity index (χ0n) is 14.0. The third-order valence-electron chi connectivity index (χ3n) is 4.13. The Balaban J connectivity index is 1.90. The predicted octanol–water partition coefficient (Wildman–Crippen LogP) is 2.14. The maximum atomic E-state index is 12.3. The molecule has 1 N–H and O–H groups in total. The number of para-hydroxylation sites is 1. The molecule has 0 aliphatic carbocycles. The van der Waals surface area contributed by atoms with Crippen LogP contribution in [0.1, 0.15) is 32.3 Å². The van der Waals surface area contributed by atoms with E-state index in [9.17, 15) is 9.59 Å². The van der Waals surface area contributed by atoms with Crippen molar-refractivity contribution in [1.82, 2.24) is 5.32 Å². The molecule has 0 aromatic heterocycles. The predicted molar refractivity (Wildman–Crippen MR) is 90.4 cm³/mol. The van der Waals surface area contributed by atoms with Gasteiger partial charge in [-0.2, -0.15) is 0 Å². The minimum absolute atomic E-state index is 0.0281. The normalized spacial score (nSPS) is 17.6. The zero-order valence-corrected chi connectivity index (χ0v) is 14.0. The first-order valence-corrected chi connectivity index (χ1v) is 8.41. The average molecular weight is 318 g/mol. The lowest BCUT2D eigenvalue weighted by Crippen LogP contribution is -2.34. The highest BCUT2D eigenvalue weighted by molar-refractivity contribution is 6.00. The molecular weight excluding hydrogens is 292 g/mol. The smallest absolute Gasteiger partial charge is 0.227 e. The number of amides is 2. The minimum Gasteiger partial charge on any atom is -0.382 e. The van der Waals surface area contributed by atoms with Gasteiger partial charge < -0.3 is 15.0 Å². The van der Waals surface area contributed by atoms with Crippen LogP contribution in [0.2, 0.25) is 0 Å². The zero-order chi connectivity index (χ0) is 16.7. The van der Waals surface area contributed by atoms with Gasteiger partial charge in [0.1, 0.15) is 0 Å². The van der Waals surface area contributed by atoms with Crippen LogP contribution in [0.15, 0.2) is 24.3 Å². The van der Waals surface area contributed by atoms with Crippen molar-refractivity contribution >= 4 is 17.5 Å². The van der Waals surface area contributed by atoms with Crippen molar-refractivity contribution in [2.75, 3.05) is 31.2 Å². The van der Waals surface area contributed by atoms with Gasteiger partial charge in [-0.15, -0.1) is 0 Å². The highest BCUT2D eigenvalue weighted by atomic mass is 16.5. The van der Waals surface area contributed by atoms with Crippen LogP contribution in [0.3, 0.4) is 0 Å². The monoisotopic (exact) mass is 318 g/mol. The number of ether oxygens (including phenoxy) is 1. The van der Waals surface area contributed by atoms with E-state index in [-0.39, 0.29) is 24.2 Å². The van der Waals surface area contributed by atoms with Crippen molar-refractivity contribution in [3.05, 3.63) is 29.8 Å². The molecule has 1 atom stereocenters. The standard InChI is InChI=1S/C18H26N2O3/c1-3-14-8-5-6-9-16(14)20-13-15(12-17(20)21)18(22)19-10-7-11-23-4-2/h5-6,8-9,15H,3-4,7,10-13H2,1-2H3,(H,19,22). The van der Waals surface area contributed by atoms with Gasteiger partial charge in [0, 0.05) is 38.4 Å². The van der Waals surface area contributed by atoms with Gasteiger partial charge in [0.15, 0.2) is 0 Å². The van der Waals surface area contributed by atoms with Crippen LogP contribution in [0.5, 0.6) is 0 Å². The number of carbonyl (C=O) groups is 2. The van der Waals surface area contributed by atoms with Crippen LogP contribution in [0.4, 0.5) is 5.69 Å². The molecule has 0 saturated carbocycles. The number of hydrogen-bond acceptors (Lipinski definition) is 3. The third kappa shape index (κ3) is 4.55. The van der Waals surface area contributed by atoms with Crippen molar-refractivity contribution in [3.63, 3.8) is 0 Å². The highest BCUT2D eigenvalue weighted by Gasteiger charge is 2.35. The Bertz CT molecular complexity index is 545. The van der Waals surface area contributed by atoms with Crippen molar-refractivity contribution in [2.24, 2.45) is 5.92 Å². The second-order valence-electron chi connectivity index (χ2n) is 5.73. The summed E-state index contributed by atoms with van der Waals surface area (Å²) in [5.74, 6) is -0.272.